The van der Waals surface area contributed by atoms with Crippen LogP contribution < -0.4 is 5.32 Å². The smallest absolute Gasteiger partial charge is 0.223 e. The van der Waals surface area contributed by atoms with Gasteiger partial charge in [-0.3, -0.25) is 4.79 Å². The van der Waals surface area contributed by atoms with E-state index >= 15 is 0 Å². The molecule has 1 fully saturated rings. The second-order valence-corrected chi connectivity index (χ2v) is 6.29. The summed E-state index contributed by atoms with van der Waals surface area (Å²) in [6.45, 7) is 6.69. The maximum Gasteiger partial charge on any atom is 0.223 e. The molecule has 1 N–H and O–H groups in total. The number of likely N-dealkylation sites (tertiary alicyclic amines) is 1. The quantitative estimate of drug-likeness (QED) is 0.866. The van der Waals surface area contributed by atoms with Gasteiger partial charge in [0.1, 0.15) is 12.1 Å². The van der Waals surface area contributed by atoms with Crippen LogP contribution in [0, 0.1) is 19.8 Å². The van der Waals surface area contributed by atoms with Crippen LogP contribution in [0.1, 0.15) is 17.7 Å². The Kier molecular flexibility index (Phi) is 4.89. The lowest BCUT2D eigenvalue weighted by atomic mass is 10.1. The van der Waals surface area contributed by atoms with Crippen molar-refractivity contribution < 1.29 is 9.53 Å². The van der Waals surface area contributed by atoms with Crippen molar-refractivity contribution in [1.29, 1.82) is 0 Å². The fraction of sp³-hybridized carbons (Fsp3) is 0.529. The van der Waals surface area contributed by atoms with Crippen LogP contribution in [-0.2, 0) is 9.53 Å². The van der Waals surface area contributed by atoms with Crippen molar-refractivity contribution in [2.75, 3.05) is 38.7 Å². The number of ether oxygens (including phenoxy) is 1. The van der Waals surface area contributed by atoms with E-state index < -0.39 is 0 Å². The second-order valence-electron chi connectivity index (χ2n) is 6.29. The maximum absolute atomic E-state index is 12.0. The van der Waals surface area contributed by atoms with Crippen LogP contribution in [0.3, 0.4) is 0 Å². The molecule has 0 saturated carbocycles. The molecule has 128 valence electrons. The van der Waals surface area contributed by atoms with Gasteiger partial charge in [-0.2, -0.15) is 0 Å². The Morgan fingerprint density at radius 1 is 1.38 bits per heavy atom. The minimum absolute atomic E-state index is 0.194. The van der Waals surface area contributed by atoms with Crippen molar-refractivity contribution in [3.63, 3.8) is 0 Å². The summed E-state index contributed by atoms with van der Waals surface area (Å²) >= 11 is 0. The summed E-state index contributed by atoms with van der Waals surface area (Å²) in [6, 6.07) is 2.03. The molecule has 0 bridgehead atoms. The van der Waals surface area contributed by atoms with Gasteiger partial charge in [-0.25, -0.2) is 15.0 Å². The van der Waals surface area contributed by atoms with Crippen molar-refractivity contribution in [3.05, 3.63) is 23.7 Å². The second kappa shape index (κ2) is 7.09. The van der Waals surface area contributed by atoms with Gasteiger partial charge in [0.15, 0.2) is 5.65 Å². The Balaban J connectivity index is 1.70. The van der Waals surface area contributed by atoms with Crippen molar-refractivity contribution in [3.8, 4) is 0 Å². The fourth-order valence-corrected chi connectivity index (χ4v) is 3.19. The van der Waals surface area contributed by atoms with E-state index in [0.717, 1.165) is 29.0 Å². The summed E-state index contributed by atoms with van der Waals surface area (Å²) in [5.41, 5.74) is 2.75. The Morgan fingerprint density at radius 3 is 3.00 bits per heavy atom. The highest BCUT2D eigenvalue weighted by Crippen LogP contribution is 2.24. The third kappa shape index (κ3) is 3.46. The molecule has 1 saturated heterocycles. The number of carbonyl (C=O) groups is 1. The molecule has 0 spiro atoms. The van der Waals surface area contributed by atoms with Crippen molar-refractivity contribution in [1.82, 2.24) is 19.9 Å². The molecular weight excluding hydrogens is 306 g/mol. The molecule has 1 aliphatic rings. The number of methoxy groups -OCH3 is 1. The first kappa shape index (κ1) is 16.6. The van der Waals surface area contributed by atoms with Gasteiger partial charge in [0, 0.05) is 44.8 Å². The molecule has 3 heterocycles. The first-order valence-electron chi connectivity index (χ1n) is 8.18. The van der Waals surface area contributed by atoms with Crippen LogP contribution in [-0.4, -0.2) is 59.1 Å². The van der Waals surface area contributed by atoms with Crippen LogP contribution >= 0.6 is 0 Å². The predicted molar refractivity (Wildman–Crippen MR) is 91.9 cm³/mol. The van der Waals surface area contributed by atoms with E-state index in [9.17, 15) is 4.79 Å². The van der Waals surface area contributed by atoms with E-state index in [0.29, 0.717) is 31.8 Å². The van der Waals surface area contributed by atoms with Gasteiger partial charge in [0.05, 0.1) is 12.0 Å². The molecule has 0 radical (unpaired) electrons. The van der Waals surface area contributed by atoms with Gasteiger partial charge in [-0.1, -0.05) is 0 Å². The summed E-state index contributed by atoms with van der Waals surface area (Å²) in [5.74, 6) is 1.26. The molecule has 7 heteroatoms. The zero-order valence-electron chi connectivity index (χ0n) is 14.4. The molecular formula is C17H23N5O2. The zero-order valence-corrected chi connectivity index (χ0v) is 14.4. The summed E-state index contributed by atoms with van der Waals surface area (Å²) in [4.78, 5) is 27.0. The molecule has 1 aliphatic heterocycles. The Bertz CT molecular complexity index is 749. The van der Waals surface area contributed by atoms with Gasteiger partial charge in [-0.15, -0.1) is 0 Å². The Morgan fingerprint density at radius 2 is 2.21 bits per heavy atom. The standard InChI is InChI=1S/C17H23N5O2/c1-11-6-12(2)21-17-15(11)16(19-10-20-17)18-8-13-7-14(23)22(9-13)4-5-24-3/h6,10,13H,4-5,7-9H2,1-3H3,(H,18,19,20,21). The molecule has 1 amide bonds. The number of rotatable bonds is 6. The number of amides is 1. The zero-order chi connectivity index (χ0) is 17.1. The molecule has 24 heavy (non-hydrogen) atoms. The van der Waals surface area contributed by atoms with Crippen molar-refractivity contribution in [2.45, 2.75) is 20.3 Å². The lowest BCUT2D eigenvalue weighted by molar-refractivity contribution is -0.128. The third-order valence-electron chi connectivity index (χ3n) is 4.35. The van der Waals surface area contributed by atoms with E-state index in [2.05, 4.69) is 20.3 Å². The van der Waals surface area contributed by atoms with E-state index in [1.165, 1.54) is 6.33 Å². The summed E-state index contributed by atoms with van der Waals surface area (Å²) in [6.07, 6.45) is 2.09. The van der Waals surface area contributed by atoms with E-state index in [-0.39, 0.29) is 11.8 Å². The average Bonchev–Trinajstić information content (AvgIpc) is 2.90. The number of aryl methyl sites for hydroxylation is 2. The average molecular weight is 329 g/mol. The molecule has 1 atom stereocenters. The van der Waals surface area contributed by atoms with Crippen LogP contribution in [0.2, 0.25) is 0 Å². The van der Waals surface area contributed by atoms with Gasteiger partial charge in [-0.05, 0) is 25.5 Å². The summed E-state index contributed by atoms with van der Waals surface area (Å²) < 4.78 is 5.05. The fourth-order valence-electron chi connectivity index (χ4n) is 3.19. The third-order valence-corrected chi connectivity index (χ3v) is 4.35. The van der Waals surface area contributed by atoms with E-state index in [1.807, 2.05) is 24.8 Å². The first-order chi connectivity index (χ1) is 11.6. The van der Waals surface area contributed by atoms with Gasteiger partial charge < -0.3 is 15.0 Å². The predicted octanol–water partition coefficient (Wildman–Crippen LogP) is 1.55. The minimum atomic E-state index is 0.194. The lowest BCUT2D eigenvalue weighted by Gasteiger charge is -2.16. The number of fused-ring (bicyclic) bond motifs is 1. The monoisotopic (exact) mass is 329 g/mol. The lowest BCUT2D eigenvalue weighted by Crippen LogP contribution is -2.29. The maximum atomic E-state index is 12.0. The molecule has 1 unspecified atom stereocenters. The number of hydrogen-bond acceptors (Lipinski definition) is 6. The first-order valence-corrected chi connectivity index (χ1v) is 8.18. The molecule has 3 rings (SSSR count). The molecule has 2 aromatic rings. The number of nitrogens with zero attached hydrogens (tertiary/aromatic N) is 4. The number of aromatic nitrogens is 3. The van der Waals surface area contributed by atoms with Crippen LogP contribution in [0.25, 0.3) is 11.0 Å². The largest absolute Gasteiger partial charge is 0.383 e. The minimum Gasteiger partial charge on any atom is -0.383 e. The summed E-state index contributed by atoms with van der Waals surface area (Å²) in [7, 11) is 1.65. The molecule has 0 aliphatic carbocycles. The van der Waals surface area contributed by atoms with Crippen molar-refractivity contribution >= 4 is 22.8 Å². The SMILES string of the molecule is COCCN1CC(CNc2ncnc3nc(C)cc(C)c23)CC1=O. The van der Waals surface area contributed by atoms with Crippen LogP contribution in [0.5, 0.6) is 0 Å². The normalized spacial score (nSPS) is 17.7. The van der Waals surface area contributed by atoms with E-state index in [1.54, 1.807) is 7.11 Å². The Labute approximate surface area is 141 Å². The van der Waals surface area contributed by atoms with Gasteiger partial charge in [0.25, 0.3) is 0 Å². The van der Waals surface area contributed by atoms with Crippen molar-refractivity contribution in [2.24, 2.45) is 5.92 Å². The molecule has 7 nitrogen and oxygen atoms in total. The van der Waals surface area contributed by atoms with Crippen LogP contribution in [0.4, 0.5) is 5.82 Å². The topological polar surface area (TPSA) is 80.2 Å². The summed E-state index contributed by atoms with van der Waals surface area (Å²) in [5, 5.41) is 4.33. The van der Waals surface area contributed by atoms with Gasteiger partial charge >= 0.3 is 0 Å². The molecule has 2 aromatic heterocycles. The van der Waals surface area contributed by atoms with Crippen LogP contribution in [0.15, 0.2) is 12.4 Å². The highest BCUT2D eigenvalue weighted by Gasteiger charge is 2.29. The van der Waals surface area contributed by atoms with Gasteiger partial charge in [0.2, 0.25) is 5.91 Å². The Hall–Kier alpha value is -2.28. The molecule has 0 aromatic carbocycles. The number of pyridine rings is 1. The number of nitrogens with one attached hydrogen (secondary N) is 1. The highest BCUT2D eigenvalue weighted by molar-refractivity contribution is 5.89. The number of carbonyl (C=O) groups excluding carboxylic acids is 1. The van der Waals surface area contributed by atoms with E-state index in [4.69, 9.17) is 4.74 Å². The highest BCUT2D eigenvalue weighted by atomic mass is 16.5. The number of anilines is 1. The number of hydrogen-bond donors (Lipinski definition) is 1.